The number of benzene rings is 1. The van der Waals surface area contributed by atoms with Crippen LogP contribution in [0.3, 0.4) is 0 Å². The zero-order valence-corrected chi connectivity index (χ0v) is 11.0. The molecule has 1 unspecified atom stereocenters. The highest BCUT2D eigenvalue weighted by Crippen LogP contribution is 2.25. The van der Waals surface area contributed by atoms with Crippen molar-refractivity contribution in [2.75, 3.05) is 31.3 Å². The molecule has 1 aromatic carbocycles. The van der Waals surface area contributed by atoms with E-state index in [1.54, 1.807) is 13.3 Å². The summed E-state index contributed by atoms with van der Waals surface area (Å²) >= 11 is 0. The first-order chi connectivity index (χ1) is 9.22. The number of nitrogen functional groups attached to an aromatic ring is 1. The van der Waals surface area contributed by atoms with E-state index in [1.165, 1.54) is 0 Å². The van der Waals surface area contributed by atoms with Crippen LogP contribution in [0.25, 0.3) is 10.9 Å². The Hall–Kier alpha value is -1.85. The summed E-state index contributed by atoms with van der Waals surface area (Å²) in [5.74, 6) is 0. The fourth-order valence-electron chi connectivity index (χ4n) is 2.00. The van der Waals surface area contributed by atoms with Gasteiger partial charge in [-0.05, 0) is 18.6 Å². The Morgan fingerprint density at radius 2 is 2.26 bits per heavy atom. The Balaban J connectivity index is 2.07. The molecule has 1 atom stereocenters. The Morgan fingerprint density at radius 1 is 1.42 bits per heavy atom. The summed E-state index contributed by atoms with van der Waals surface area (Å²) in [4.78, 5) is 4.28. The number of fused-ring (bicyclic) bond motifs is 1. The van der Waals surface area contributed by atoms with Gasteiger partial charge in [0.1, 0.15) is 0 Å². The number of aliphatic hydroxyl groups is 1. The van der Waals surface area contributed by atoms with Gasteiger partial charge in [0.15, 0.2) is 0 Å². The average Bonchev–Trinajstić information content (AvgIpc) is 2.40. The van der Waals surface area contributed by atoms with Crippen molar-refractivity contribution in [1.29, 1.82) is 0 Å². The topological polar surface area (TPSA) is 80.4 Å². The van der Waals surface area contributed by atoms with E-state index in [9.17, 15) is 5.11 Å². The monoisotopic (exact) mass is 261 g/mol. The van der Waals surface area contributed by atoms with E-state index < -0.39 is 6.10 Å². The number of anilines is 2. The molecule has 1 heterocycles. The lowest BCUT2D eigenvalue weighted by Gasteiger charge is -2.12. The lowest BCUT2D eigenvalue weighted by molar-refractivity contribution is 0.0615. The van der Waals surface area contributed by atoms with Gasteiger partial charge >= 0.3 is 0 Å². The maximum Gasteiger partial charge on any atom is 0.0951 e. The molecule has 0 amide bonds. The smallest absolute Gasteiger partial charge is 0.0951 e. The number of aromatic nitrogens is 1. The van der Waals surface area contributed by atoms with Gasteiger partial charge in [0.2, 0.25) is 0 Å². The van der Waals surface area contributed by atoms with Crippen molar-refractivity contribution in [1.82, 2.24) is 4.98 Å². The molecule has 0 saturated carbocycles. The second kappa shape index (κ2) is 6.36. The van der Waals surface area contributed by atoms with Crippen molar-refractivity contribution in [3.8, 4) is 0 Å². The van der Waals surface area contributed by atoms with Gasteiger partial charge in [0.05, 0.1) is 23.9 Å². The first kappa shape index (κ1) is 13.6. The SMILES string of the molecule is COCC(O)CCNc1ccnc2c(N)cccc12. The molecule has 0 saturated heterocycles. The Morgan fingerprint density at radius 3 is 3.05 bits per heavy atom. The molecule has 5 nitrogen and oxygen atoms in total. The number of hydrogen-bond donors (Lipinski definition) is 3. The highest BCUT2D eigenvalue weighted by molar-refractivity contribution is 5.97. The van der Waals surface area contributed by atoms with Crippen LogP contribution in [0.5, 0.6) is 0 Å². The molecular formula is C14H19N3O2. The Kier molecular flexibility index (Phi) is 4.54. The second-order valence-electron chi connectivity index (χ2n) is 4.43. The standard InChI is InChI=1S/C14H19N3O2/c1-19-9-10(18)5-7-16-13-6-8-17-14-11(13)3-2-4-12(14)15/h2-4,6,8,10,18H,5,7,9,15H2,1H3,(H,16,17). The van der Waals surface area contributed by atoms with E-state index in [0.717, 1.165) is 16.6 Å². The highest BCUT2D eigenvalue weighted by Gasteiger charge is 2.06. The van der Waals surface area contributed by atoms with E-state index in [0.29, 0.717) is 25.3 Å². The van der Waals surface area contributed by atoms with Crippen molar-refractivity contribution in [3.05, 3.63) is 30.5 Å². The van der Waals surface area contributed by atoms with Crippen LogP contribution in [-0.2, 0) is 4.74 Å². The van der Waals surface area contributed by atoms with Gasteiger partial charge in [-0.2, -0.15) is 0 Å². The fraction of sp³-hybridized carbons (Fsp3) is 0.357. The van der Waals surface area contributed by atoms with Crippen molar-refractivity contribution in [2.45, 2.75) is 12.5 Å². The van der Waals surface area contributed by atoms with Gasteiger partial charge < -0.3 is 20.9 Å². The van der Waals surface area contributed by atoms with Gasteiger partial charge in [-0.15, -0.1) is 0 Å². The molecular weight excluding hydrogens is 242 g/mol. The molecule has 0 fully saturated rings. The van der Waals surface area contributed by atoms with E-state index in [4.69, 9.17) is 10.5 Å². The van der Waals surface area contributed by atoms with Crippen molar-refractivity contribution >= 4 is 22.3 Å². The molecule has 102 valence electrons. The third-order valence-electron chi connectivity index (χ3n) is 2.95. The zero-order valence-electron chi connectivity index (χ0n) is 11.0. The molecule has 2 rings (SSSR count). The number of ether oxygens (including phenoxy) is 1. The van der Waals surface area contributed by atoms with Crippen LogP contribution in [-0.4, -0.2) is 36.5 Å². The number of nitrogens with zero attached hydrogens (tertiary/aromatic N) is 1. The molecule has 0 radical (unpaired) electrons. The van der Waals surface area contributed by atoms with Crippen molar-refractivity contribution < 1.29 is 9.84 Å². The summed E-state index contributed by atoms with van der Waals surface area (Å²) in [7, 11) is 1.58. The number of nitrogens with two attached hydrogens (primary N) is 1. The minimum atomic E-state index is -0.448. The van der Waals surface area contributed by atoms with Crippen LogP contribution in [0, 0.1) is 0 Å². The first-order valence-corrected chi connectivity index (χ1v) is 6.26. The van der Waals surface area contributed by atoms with Gasteiger partial charge in [0, 0.05) is 30.9 Å². The summed E-state index contributed by atoms with van der Waals surface area (Å²) in [6, 6.07) is 7.63. The third-order valence-corrected chi connectivity index (χ3v) is 2.95. The summed E-state index contributed by atoms with van der Waals surface area (Å²) in [6.07, 6.45) is 1.91. The van der Waals surface area contributed by atoms with Crippen LogP contribution < -0.4 is 11.1 Å². The molecule has 0 aliphatic carbocycles. The predicted molar refractivity (Wildman–Crippen MR) is 77.1 cm³/mol. The van der Waals surface area contributed by atoms with Gasteiger partial charge in [-0.3, -0.25) is 4.98 Å². The van der Waals surface area contributed by atoms with Gasteiger partial charge in [0.25, 0.3) is 0 Å². The molecule has 0 bridgehead atoms. The van der Waals surface area contributed by atoms with Crippen LogP contribution in [0.4, 0.5) is 11.4 Å². The molecule has 19 heavy (non-hydrogen) atoms. The van der Waals surface area contributed by atoms with E-state index in [1.807, 2.05) is 24.3 Å². The minimum absolute atomic E-state index is 0.353. The molecule has 1 aromatic heterocycles. The summed E-state index contributed by atoms with van der Waals surface area (Å²) in [5, 5.41) is 13.9. The van der Waals surface area contributed by atoms with Crippen LogP contribution in [0.1, 0.15) is 6.42 Å². The summed E-state index contributed by atoms with van der Waals surface area (Å²) < 4.78 is 4.89. The summed E-state index contributed by atoms with van der Waals surface area (Å²) in [6.45, 7) is 1.02. The van der Waals surface area contributed by atoms with Crippen LogP contribution in [0.2, 0.25) is 0 Å². The lowest BCUT2D eigenvalue weighted by atomic mass is 10.1. The number of para-hydroxylation sites is 1. The summed E-state index contributed by atoms with van der Waals surface area (Å²) in [5.41, 5.74) is 8.33. The Bertz CT molecular complexity index is 545. The highest BCUT2D eigenvalue weighted by atomic mass is 16.5. The van der Waals surface area contributed by atoms with E-state index >= 15 is 0 Å². The van der Waals surface area contributed by atoms with Gasteiger partial charge in [-0.1, -0.05) is 12.1 Å². The molecule has 2 aromatic rings. The molecule has 5 heteroatoms. The molecule has 0 spiro atoms. The molecule has 4 N–H and O–H groups in total. The average molecular weight is 261 g/mol. The first-order valence-electron chi connectivity index (χ1n) is 6.26. The number of aliphatic hydroxyl groups excluding tert-OH is 1. The van der Waals surface area contributed by atoms with E-state index in [-0.39, 0.29) is 0 Å². The van der Waals surface area contributed by atoms with Gasteiger partial charge in [-0.25, -0.2) is 0 Å². The quantitative estimate of drug-likeness (QED) is 0.689. The second-order valence-corrected chi connectivity index (χ2v) is 4.43. The number of rotatable bonds is 6. The molecule has 0 aliphatic rings. The van der Waals surface area contributed by atoms with Crippen molar-refractivity contribution in [3.63, 3.8) is 0 Å². The minimum Gasteiger partial charge on any atom is -0.397 e. The van der Waals surface area contributed by atoms with Crippen LogP contribution >= 0.6 is 0 Å². The zero-order chi connectivity index (χ0) is 13.7. The number of hydrogen-bond acceptors (Lipinski definition) is 5. The largest absolute Gasteiger partial charge is 0.397 e. The van der Waals surface area contributed by atoms with Crippen LogP contribution in [0.15, 0.2) is 30.5 Å². The fourth-order valence-corrected chi connectivity index (χ4v) is 2.00. The third kappa shape index (κ3) is 3.33. The Labute approximate surface area is 112 Å². The van der Waals surface area contributed by atoms with Crippen molar-refractivity contribution in [2.24, 2.45) is 0 Å². The predicted octanol–water partition coefficient (Wildman–Crippen LogP) is 1.63. The number of methoxy groups -OCH3 is 1. The normalized spacial score (nSPS) is 12.5. The maximum atomic E-state index is 9.59. The lowest BCUT2D eigenvalue weighted by Crippen LogP contribution is -2.18. The number of pyridine rings is 1. The maximum absolute atomic E-state index is 9.59. The van der Waals surface area contributed by atoms with E-state index in [2.05, 4.69) is 10.3 Å². The number of nitrogens with one attached hydrogen (secondary N) is 1. The molecule has 0 aliphatic heterocycles.